The number of carbonyl (C=O) groups excluding carboxylic acids is 2. The SMILES string of the molecule is CC(=O)OC12c3ccccc3OC(=O)C1C1CCCCC12. The fourth-order valence-electron chi connectivity index (χ4n) is 4.72. The van der Waals surface area contributed by atoms with Gasteiger partial charge in [-0.15, -0.1) is 0 Å². The van der Waals surface area contributed by atoms with E-state index in [0.717, 1.165) is 31.2 Å². The lowest BCUT2D eigenvalue weighted by Gasteiger charge is -2.62. The molecular weight excluding hydrogens is 268 g/mol. The van der Waals surface area contributed by atoms with E-state index in [1.165, 1.54) is 6.92 Å². The highest BCUT2D eigenvalue weighted by Gasteiger charge is 2.71. The molecule has 110 valence electrons. The molecule has 4 atom stereocenters. The van der Waals surface area contributed by atoms with Gasteiger partial charge in [0, 0.05) is 18.4 Å². The molecular formula is C17H18O4. The fraction of sp³-hybridized carbons (Fsp3) is 0.529. The molecule has 4 nitrogen and oxygen atoms in total. The number of esters is 2. The third-order valence-corrected chi connectivity index (χ3v) is 5.35. The van der Waals surface area contributed by atoms with Crippen LogP contribution in [-0.4, -0.2) is 11.9 Å². The van der Waals surface area contributed by atoms with Crippen LogP contribution in [0.5, 0.6) is 5.75 Å². The minimum atomic E-state index is -0.789. The van der Waals surface area contributed by atoms with Gasteiger partial charge in [-0.3, -0.25) is 9.59 Å². The first-order valence-corrected chi connectivity index (χ1v) is 7.65. The fourth-order valence-corrected chi connectivity index (χ4v) is 4.72. The number of hydrogen-bond donors (Lipinski definition) is 0. The Kier molecular flexibility index (Phi) is 2.65. The number of carbonyl (C=O) groups is 2. The topological polar surface area (TPSA) is 52.6 Å². The van der Waals surface area contributed by atoms with Gasteiger partial charge >= 0.3 is 11.9 Å². The average Bonchev–Trinajstić information content (AvgIpc) is 2.45. The molecule has 4 unspecified atom stereocenters. The van der Waals surface area contributed by atoms with E-state index in [1.807, 2.05) is 18.2 Å². The number of fused-ring (bicyclic) bond motifs is 6. The summed E-state index contributed by atoms with van der Waals surface area (Å²) in [6, 6.07) is 7.47. The third-order valence-electron chi connectivity index (χ3n) is 5.35. The summed E-state index contributed by atoms with van der Waals surface area (Å²) in [5.41, 5.74) is 0.0796. The molecule has 0 bridgehead atoms. The second kappa shape index (κ2) is 4.33. The Morgan fingerprint density at radius 1 is 1.29 bits per heavy atom. The van der Waals surface area contributed by atoms with Crippen molar-refractivity contribution >= 4 is 11.9 Å². The van der Waals surface area contributed by atoms with Crippen molar-refractivity contribution in [1.29, 1.82) is 0 Å². The largest absolute Gasteiger partial charge is 0.453 e. The van der Waals surface area contributed by atoms with Gasteiger partial charge in [0.2, 0.25) is 0 Å². The summed E-state index contributed by atoms with van der Waals surface area (Å²) >= 11 is 0. The number of para-hydroxylation sites is 1. The van der Waals surface area contributed by atoms with E-state index in [9.17, 15) is 9.59 Å². The van der Waals surface area contributed by atoms with Gasteiger partial charge in [0.15, 0.2) is 5.60 Å². The van der Waals surface area contributed by atoms with Crippen molar-refractivity contribution in [2.24, 2.45) is 17.8 Å². The summed E-state index contributed by atoms with van der Waals surface area (Å²) in [6.45, 7) is 1.42. The van der Waals surface area contributed by atoms with Gasteiger partial charge in [-0.2, -0.15) is 0 Å². The molecule has 0 radical (unpaired) electrons. The summed E-state index contributed by atoms with van der Waals surface area (Å²) in [5, 5.41) is 0. The zero-order chi connectivity index (χ0) is 14.6. The molecule has 4 rings (SSSR count). The van der Waals surface area contributed by atoms with Crippen molar-refractivity contribution in [3.63, 3.8) is 0 Å². The Bertz CT molecular complexity index is 623. The quantitative estimate of drug-likeness (QED) is 0.588. The minimum absolute atomic E-state index is 0.238. The maximum atomic E-state index is 12.4. The highest BCUT2D eigenvalue weighted by molar-refractivity contribution is 5.83. The van der Waals surface area contributed by atoms with Gasteiger partial charge in [-0.1, -0.05) is 31.0 Å². The highest BCUT2D eigenvalue weighted by atomic mass is 16.6. The molecule has 0 amide bonds. The second-order valence-corrected chi connectivity index (χ2v) is 6.34. The first kappa shape index (κ1) is 12.9. The first-order valence-electron chi connectivity index (χ1n) is 7.65. The van der Waals surface area contributed by atoms with Crippen LogP contribution in [0.2, 0.25) is 0 Å². The summed E-state index contributed by atoms with van der Waals surface area (Å²) in [5.74, 6) is 0.186. The summed E-state index contributed by atoms with van der Waals surface area (Å²) in [4.78, 5) is 24.2. The van der Waals surface area contributed by atoms with Gasteiger partial charge in [0.25, 0.3) is 0 Å². The van der Waals surface area contributed by atoms with Crippen molar-refractivity contribution < 1.29 is 19.1 Å². The van der Waals surface area contributed by atoms with E-state index in [-0.39, 0.29) is 23.8 Å². The summed E-state index contributed by atoms with van der Waals surface area (Å²) in [7, 11) is 0. The molecule has 1 aromatic rings. The predicted molar refractivity (Wildman–Crippen MR) is 74.5 cm³/mol. The van der Waals surface area contributed by atoms with Crippen molar-refractivity contribution in [3.05, 3.63) is 29.8 Å². The number of ether oxygens (including phenoxy) is 2. The predicted octanol–water partition coefficient (Wildman–Crippen LogP) is 2.80. The number of benzene rings is 1. The third kappa shape index (κ3) is 1.56. The zero-order valence-corrected chi connectivity index (χ0v) is 12.0. The van der Waals surface area contributed by atoms with Crippen LogP contribution in [0, 0.1) is 17.8 Å². The van der Waals surface area contributed by atoms with Gasteiger partial charge in [0.05, 0.1) is 0 Å². The maximum Gasteiger partial charge on any atom is 0.319 e. The van der Waals surface area contributed by atoms with E-state index in [4.69, 9.17) is 9.47 Å². The van der Waals surface area contributed by atoms with Crippen LogP contribution in [0.25, 0.3) is 0 Å². The Hall–Kier alpha value is -1.84. The van der Waals surface area contributed by atoms with Crippen LogP contribution in [0.15, 0.2) is 24.3 Å². The first-order chi connectivity index (χ1) is 10.1. The summed E-state index contributed by atoms with van der Waals surface area (Å²) < 4.78 is 11.3. The van der Waals surface area contributed by atoms with E-state index in [1.54, 1.807) is 6.07 Å². The lowest BCUT2D eigenvalue weighted by Crippen LogP contribution is -2.67. The lowest BCUT2D eigenvalue weighted by molar-refractivity contribution is -0.248. The second-order valence-electron chi connectivity index (χ2n) is 6.34. The van der Waals surface area contributed by atoms with E-state index >= 15 is 0 Å². The van der Waals surface area contributed by atoms with Gasteiger partial charge in [-0.25, -0.2) is 0 Å². The number of rotatable bonds is 1. The Morgan fingerprint density at radius 2 is 2.05 bits per heavy atom. The van der Waals surface area contributed by atoms with E-state index < -0.39 is 5.60 Å². The average molecular weight is 286 g/mol. The van der Waals surface area contributed by atoms with Crippen LogP contribution in [0.1, 0.15) is 38.2 Å². The highest BCUT2D eigenvalue weighted by Crippen LogP contribution is 2.66. The van der Waals surface area contributed by atoms with Crippen LogP contribution in [0.3, 0.4) is 0 Å². The Labute approximate surface area is 123 Å². The van der Waals surface area contributed by atoms with E-state index in [2.05, 4.69) is 0 Å². The monoisotopic (exact) mass is 286 g/mol. The molecule has 2 saturated carbocycles. The van der Waals surface area contributed by atoms with Crippen LogP contribution < -0.4 is 4.74 Å². The molecule has 0 N–H and O–H groups in total. The van der Waals surface area contributed by atoms with Crippen LogP contribution in [0.4, 0.5) is 0 Å². The molecule has 4 heteroatoms. The van der Waals surface area contributed by atoms with E-state index in [0.29, 0.717) is 11.7 Å². The molecule has 21 heavy (non-hydrogen) atoms. The maximum absolute atomic E-state index is 12.4. The van der Waals surface area contributed by atoms with Crippen molar-refractivity contribution in [3.8, 4) is 5.75 Å². The molecule has 2 aliphatic carbocycles. The standard InChI is InChI=1S/C17H18O4/c1-10(18)21-17-12-7-3-2-6-11(12)15(17)16(19)20-14-9-5-4-8-13(14)17/h4-5,8-9,11-12,15H,2-3,6-7H2,1H3. The molecule has 0 spiro atoms. The molecule has 3 aliphatic rings. The number of hydrogen-bond acceptors (Lipinski definition) is 4. The van der Waals surface area contributed by atoms with Crippen molar-refractivity contribution in [2.75, 3.05) is 0 Å². The van der Waals surface area contributed by atoms with Gasteiger partial charge < -0.3 is 9.47 Å². The normalized spacial score (nSPS) is 36.4. The van der Waals surface area contributed by atoms with Crippen LogP contribution >= 0.6 is 0 Å². The lowest BCUT2D eigenvalue weighted by atomic mass is 9.46. The van der Waals surface area contributed by atoms with Crippen molar-refractivity contribution in [2.45, 2.75) is 38.2 Å². The molecule has 1 heterocycles. The molecule has 1 aliphatic heterocycles. The van der Waals surface area contributed by atoms with Crippen molar-refractivity contribution in [1.82, 2.24) is 0 Å². The van der Waals surface area contributed by atoms with Crippen LogP contribution in [-0.2, 0) is 19.9 Å². The molecule has 1 aromatic carbocycles. The minimum Gasteiger partial charge on any atom is -0.453 e. The van der Waals surface area contributed by atoms with Gasteiger partial charge in [-0.05, 0) is 24.8 Å². The zero-order valence-electron chi connectivity index (χ0n) is 12.0. The Morgan fingerprint density at radius 3 is 2.86 bits per heavy atom. The smallest absolute Gasteiger partial charge is 0.319 e. The molecule has 0 aromatic heterocycles. The molecule has 0 saturated heterocycles. The summed E-state index contributed by atoms with van der Waals surface area (Å²) in [6.07, 6.45) is 4.31. The van der Waals surface area contributed by atoms with Gasteiger partial charge in [0.1, 0.15) is 11.7 Å². The molecule has 2 fully saturated rings. The Balaban J connectivity index is 1.88.